The average molecular weight is 210 g/mol. The fourth-order valence-corrected chi connectivity index (χ4v) is 3.08. The minimum atomic E-state index is -1.25. The quantitative estimate of drug-likeness (QED) is 0.529. The fourth-order valence-electron chi connectivity index (χ4n) is 3.08. The first-order valence-corrected chi connectivity index (χ1v) is 5.57. The van der Waals surface area contributed by atoms with Gasteiger partial charge in [0, 0.05) is 0 Å². The van der Waals surface area contributed by atoms with Gasteiger partial charge in [0.05, 0.1) is 7.11 Å². The van der Waals surface area contributed by atoms with Crippen molar-refractivity contribution < 1.29 is 14.6 Å². The summed E-state index contributed by atoms with van der Waals surface area (Å²) in [6.07, 6.45) is 5.46. The third-order valence-corrected chi connectivity index (χ3v) is 3.73. The molecule has 0 radical (unpaired) electrons. The number of carbonyl (C=O) groups excluding carboxylic acids is 1. The second-order valence-electron chi connectivity index (χ2n) is 4.81. The van der Waals surface area contributed by atoms with Crippen LogP contribution in [0.25, 0.3) is 0 Å². The minimum Gasteiger partial charge on any atom is -0.467 e. The van der Waals surface area contributed by atoms with Crippen molar-refractivity contribution in [2.75, 3.05) is 7.11 Å². The van der Waals surface area contributed by atoms with Gasteiger partial charge < -0.3 is 9.84 Å². The molecule has 1 saturated carbocycles. The highest BCUT2D eigenvalue weighted by Crippen LogP contribution is 2.45. The predicted molar refractivity (Wildman–Crippen MR) is 56.2 cm³/mol. The lowest BCUT2D eigenvalue weighted by molar-refractivity contribution is -0.167. The molecule has 0 aliphatic heterocycles. The SMILES string of the molecule is COC(=O)[C@]1(O)C[C@@H]2CCC=C2[C@H](C)C1. The summed E-state index contributed by atoms with van der Waals surface area (Å²) < 4.78 is 4.68. The van der Waals surface area contributed by atoms with Crippen molar-refractivity contribution in [1.82, 2.24) is 0 Å². The molecular weight excluding hydrogens is 192 g/mol. The number of rotatable bonds is 1. The van der Waals surface area contributed by atoms with Gasteiger partial charge in [-0.15, -0.1) is 0 Å². The van der Waals surface area contributed by atoms with Crippen LogP contribution in [0.3, 0.4) is 0 Å². The van der Waals surface area contributed by atoms with Crippen LogP contribution >= 0.6 is 0 Å². The molecule has 0 saturated heterocycles. The lowest BCUT2D eigenvalue weighted by atomic mass is 9.71. The topological polar surface area (TPSA) is 46.5 Å². The molecule has 1 fully saturated rings. The smallest absolute Gasteiger partial charge is 0.337 e. The van der Waals surface area contributed by atoms with Crippen LogP contribution in [0.2, 0.25) is 0 Å². The van der Waals surface area contributed by atoms with Crippen LogP contribution in [0.4, 0.5) is 0 Å². The molecule has 15 heavy (non-hydrogen) atoms. The molecule has 0 amide bonds. The number of ether oxygens (including phenoxy) is 1. The van der Waals surface area contributed by atoms with E-state index in [1.165, 1.54) is 12.7 Å². The van der Waals surface area contributed by atoms with Crippen LogP contribution < -0.4 is 0 Å². The maximum Gasteiger partial charge on any atom is 0.337 e. The van der Waals surface area contributed by atoms with Crippen molar-refractivity contribution in [2.45, 2.75) is 38.2 Å². The fraction of sp³-hybridized carbons (Fsp3) is 0.750. The Morgan fingerprint density at radius 1 is 1.60 bits per heavy atom. The van der Waals surface area contributed by atoms with Gasteiger partial charge in [0.1, 0.15) is 0 Å². The maximum absolute atomic E-state index is 11.5. The van der Waals surface area contributed by atoms with E-state index in [4.69, 9.17) is 0 Å². The number of hydrogen-bond donors (Lipinski definition) is 1. The van der Waals surface area contributed by atoms with E-state index in [0.29, 0.717) is 24.7 Å². The van der Waals surface area contributed by atoms with Crippen LogP contribution in [-0.2, 0) is 9.53 Å². The molecule has 84 valence electrons. The van der Waals surface area contributed by atoms with Crippen LogP contribution in [-0.4, -0.2) is 23.8 Å². The lowest BCUT2D eigenvalue weighted by Gasteiger charge is -2.38. The molecule has 0 aromatic heterocycles. The second-order valence-corrected chi connectivity index (χ2v) is 4.81. The van der Waals surface area contributed by atoms with Crippen LogP contribution in [0.1, 0.15) is 32.6 Å². The Morgan fingerprint density at radius 2 is 2.33 bits per heavy atom. The summed E-state index contributed by atoms with van der Waals surface area (Å²) in [7, 11) is 1.34. The summed E-state index contributed by atoms with van der Waals surface area (Å²) in [5.41, 5.74) is 0.184. The number of hydrogen-bond acceptors (Lipinski definition) is 3. The van der Waals surface area contributed by atoms with Gasteiger partial charge in [-0.25, -0.2) is 4.79 Å². The molecule has 3 nitrogen and oxygen atoms in total. The Kier molecular flexibility index (Phi) is 2.59. The highest BCUT2D eigenvalue weighted by Gasteiger charge is 2.47. The molecule has 1 N–H and O–H groups in total. The van der Waals surface area contributed by atoms with Crippen molar-refractivity contribution in [3.63, 3.8) is 0 Å². The standard InChI is InChI=1S/C12H18O3/c1-8-6-12(14,11(13)15-2)7-9-4-3-5-10(8)9/h5,8-9,14H,3-4,6-7H2,1-2H3/t8-,9+,12-/m1/s1. The van der Waals surface area contributed by atoms with Gasteiger partial charge in [-0.2, -0.15) is 0 Å². The number of fused-ring (bicyclic) bond motifs is 1. The molecule has 3 heteroatoms. The Balaban J connectivity index is 2.19. The van der Waals surface area contributed by atoms with Crippen molar-refractivity contribution in [1.29, 1.82) is 0 Å². The minimum absolute atomic E-state index is 0.301. The van der Waals surface area contributed by atoms with E-state index in [0.717, 1.165) is 12.8 Å². The maximum atomic E-state index is 11.5. The van der Waals surface area contributed by atoms with Crippen molar-refractivity contribution >= 4 is 5.97 Å². The third-order valence-electron chi connectivity index (χ3n) is 3.73. The molecule has 0 spiro atoms. The number of esters is 1. The van der Waals surface area contributed by atoms with E-state index in [1.807, 2.05) is 0 Å². The Labute approximate surface area is 90.1 Å². The second kappa shape index (κ2) is 3.63. The van der Waals surface area contributed by atoms with Gasteiger partial charge in [0.2, 0.25) is 0 Å². The molecule has 0 aromatic carbocycles. The number of methoxy groups -OCH3 is 1. The largest absolute Gasteiger partial charge is 0.467 e. The van der Waals surface area contributed by atoms with Gasteiger partial charge >= 0.3 is 5.97 Å². The molecule has 0 unspecified atom stereocenters. The van der Waals surface area contributed by atoms with Crippen LogP contribution in [0, 0.1) is 11.8 Å². The summed E-state index contributed by atoms with van der Waals surface area (Å²) in [5.74, 6) is 0.216. The van der Waals surface area contributed by atoms with Crippen LogP contribution in [0.5, 0.6) is 0 Å². The average Bonchev–Trinajstić information content (AvgIpc) is 2.64. The normalized spacial score (nSPS) is 39.5. The van der Waals surface area contributed by atoms with E-state index in [9.17, 15) is 9.90 Å². The van der Waals surface area contributed by atoms with Gasteiger partial charge in [-0.1, -0.05) is 18.6 Å². The number of aliphatic hydroxyl groups is 1. The summed E-state index contributed by atoms with van der Waals surface area (Å²) in [5, 5.41) is 10.3. The summed E-state index contributed by atoms with van der Waals surface area (Å²) in [6, 6.07) is 0. The molecule has 2 rings (SSSR count). The van der Waals surface area contributed by atoms with E-state index >= 15 is 0 Å². The van der Waals surface area contributed by atoms with Crippen LogP contribution in [0.15, 0.2) is 11.6 Å². The highest BCUT2D eigenvalue weighted by atomic mass is 16.5. The molecule has 3 atom stereocenters. The van der Waals surface area contributed by atoms with E-state index < -0.39 is 11.6 Å². The van der Waals surface area contributed by atoms with Gasteiger partial charge in [0.25, 0.3) is 0 Å². The van der Waals surface area contributed by atoms with Gasteiger partial charge in [0.15, 0.2) is 5.60 Å². The lowest BCUT2D eigenvalue weighted by Crippen LogP contribution is -2.46. The van der Waals surface area contributed by atoms with Gasteiger partial charge in [-0.3, -0.25) is 0 Å². The van der Waals surface area contributed by atoms with E-state index in [-0.39, 0.29) is 0 Å². The first-order chi connectivity index (χ1) is 7.07. The predicted octanol–water partition coefficient (Wildman–Crippen LogP) is 1.66. The summed E-state index contributed by atoms with van der Waals surface area (Å²) in [6.45, 7) is 2.08. The van der Waals surface area contributed by atoms with Crippen molar-refractivity contribution in [3.05, 3.63) is 11.6 Å². The van der Waals surface area contributed by atoms with Gasteiger partial charge in [-0.05, 0) is 37.5 Å². The first-order valence-electron chi connectivity index (χ1n) is 5.57. The zero-order valence-electron chi connectivity index (χ0n) is 9.32. The molecule has 0 bridgehead atoms. The number of allylic oxidation sites excluding steroid dienone is 2. The monoisotopic (exact) mass is 210 g/mol. The number of carbonyl (C=O) groups is 1. The van der Waals surface area contributed by atoms with Crippen molar-refractivity contribution in [2.24, 2.45) is 11.8 Å². The Morgan fingerprint density at radius 3 is 3.00 bits per heavy atom. The molecule has 0 heterocycles. The molecular formula is C12H18O3. The van der Waals surface area contributed by atoms with E-state index in [1.54, 1.807) is 0 Å². The molecule has 2 aliphatic carbocycles. The van der Waals surface area contributed by atoms with Crippen molar-refractivity contribution in [3.8, 4) is 0 Å². The molecule has 2 aliphatic rings. The highest BCUT2D eigenvalue weighted by molar-refractivity contribution is 5.79. The van der Waals surface area contributed by atoms with E-state index in [2.05, 4.69) is 17.7 Å². The molecule has 0 aromatic rings. The first kappa shape index (κ1) is 10.7. The zero-order valence-corrected chi connectivity index (χ0v) is 9.32. The third kappa shape index (κ3) is 1.69. The Bertz CT molecular complexity index is 308. The summed E-state index contributed by atoms with van der Waals surface area (Å²) >= 11 is 0. The summed E-state index contributed by atoms with van der Waals surface area (Å²) in [4.78, 5) is 11.5. The zero-order chi connectivity index (χ0) is 11.1. The Hall–Kier alpha value is -0.830.